The van der Waals surface area contributed by atoms with E-state index in [4.69, 9.17) is 5.73 Å². The van der Waals surface area contributed by atoms with Crippen molar-refractivity contribution >= 4 is 21.9 Å². The molecule has 1 aromatic heterocycles. The Morgan fingerprint density at radius 3 is 2.93 bits per heavy atom. The maximum absolute atomic E-state index is 11.4. The normalized spacial score (nSPS) is 18.6. The molecule has 0 saturated heterocycles. The monoisotopic (exact) mass is 212 g/mol. The van der Waals surface area contributed by atoms with Gasteiger partial charge in [0, 0.05) is 13.2 Å². The first-order valence-corrected chi connectivity index (χ1v) is 5.22. The smallest absolute Gasteiger partial charge is 0.347 e. The zero-order chi connectivity index (χ0) is 10.3. The van der Waals surface area contributed by atoms with Crippen LogP contribution >= 0.6 is 0 Å². The molecule has 14 heavy (non-hydrogen) atoms. The van der Waals surface area contributed by atoms with Gasteiger partial charge in [0.2, 0.25) is 0 Å². The van der Waals surface area contributed by atoms with Gasteiger partial charge < -0.3 is 5.73 Å². The second-order valence-corrected chi connectivity index (χ2v) is 4.42. The van der Waals surface area contributed by atoms with Gasteiger partial charge in [0.15, 0.2) is 5.82 Å². The van der Waals surface area contributed by atoms with Gasteiger partial charge in [0.1, 0.15) is 5.84 Å². The number of rotatable bonds is 0. The van der Waals surface area contributed by atoms with Crippen molar-refractivity contribution < 1.29 is 8.42 Å². The van der Waals surface area contributed by atoms with Gasteiger partial charge in [-0.3, -0.25) is 0 Å². The standard InChI is InChI=1S/C7H8N4O2S/c1-11-7-5(3-2-4-9-7)6(8)10-14(11,12)13/h2-4H,1H3,(H2,8,10). The van der Waals surface area contributed by atoms with E-state index in [1.54, 1.807) is 12.1 Å². The van der Waals surface area contributed by atoms with E-state index in [1.165, 1.54) is 13.2 Å². The summed E-state index contributed by atoms with van der Waals surface area (Å²) in [4.78, 5) is 3.93. The average molecular weight is 212 g/mol. The van der Waals surface area contributed by atoms with Gasteiger partial charge in [-0.15, -0.1) is 4.40 Å². The highest BCUT2D eigenvalue weighted by Gasteiger charge is 2.27. The number of amidine groups is 1. The van der Waals surface area contributed by atoms with Crippen molar-refractivity contribution in [2.24, 2.45) is 10.1 Å². The maximum Gasteiger partial charge on any atom is 0.347 e. The number of nitrogens with two attached hydrogens (primary N) is 1. The minimum Gasteiger partial charge on any atom is -0.382 e. The number of fused-ring (bicyclic) bond motifs is 1. The van der Waals surface area contributed by atoms with Gasteiger partial charge >= 0.3 is 10.2 Å². The number of anilines is 1. The Bertz CT molecular complexity index is 508. The Morgan fingerprint density at radius 2 is 2.21 bits per heavy atom. The molecule has 1 aliphatic heterocycles. The number of pyridine rings is 1. The Labute approximate surface area is 81.3 Å². The van der Waals surface area contributed by atoms with Gasteiger partial charge in [0.05, 0.1) is 5.56 Å². The topological polar surface area (TPSA) is 88.7 Å². The fourth-order valence-corrected chi connectivity index (χ4v) is 2.03. The lowest BCUT2D eigenvalue weighted by Crippen LogP contribution is -2.34. The molecule has 7 heteroatoms. The third-order valence-electron chi connectivity index (χ3n) is 1.92. The fraction of sp³-hybridized carbons (Fsp3) is 0.143. The average Bonchev–Trinajstić information content (AvgIpc) is 2.14. The van der Waals surface area contributed by atoms with Crippen LogP contribution in [-0.2, 0) is 10.2 Å². The number of hydrogen-bond acceptors (Lipinski definition) is 4. The third-order valence-corrected chi connectivity index (χ3v) is 3.21. The molecule has 0 saturated carbocycles. The molecule has 1 aromatic rings. The fourth-order valence-electron chi connectivity index (χ4n) is 1.19. The summed E-state index contributed by atoms with van der Waals surface area (Å²) in [6, 6.07) is 3.35. The van der Waals surface area contributed by atoms with Gasteiger partial charge in [0.25, 0.3) is 0 Å². The number of aromatic nitrogens is 1. The summed E-state index contributed by atoms with van der Waals surface area (Å²) in [6.07, 6.45) is 1.50. The minimum absolute atomic E-state index is 0.0220. The zero-order valence-electron chi connectivity index (χ0n) is 7.38. The highest BCUT2D eigenvalue weighted by molar-refractivity contribution is 7.91. The van der Waals surface area contributed by atoms with E-state index in [0.717, 1.165) is 4.31 Å². The second-order valence-electron chi connectivity index (χ2n) is 2.80. The van der Waals surface area contributed by atoms with Gasteiger partial charge in [-0.05, 0) is 12.1 Å². The molecule has 2 N–H and O–H groups in total. The molecule has 0 spiro atoms. The molecule has 0 amide bonds. The molecule has 0 atom stereocenters. The van der Waals surface area contributed by atoms with E-state index < -0.39 is 10.2 Å². The number of nitrogens with zero attached hydrogens (tertiary/aromatic N) is 3. The van der Waals surface area contributed by atoms with E-state index in [1.807, 2.05) is 0 Å². The lowest BCUT2D eigenvalue weighted by Gasteiger charge is -2.22. The van der Waals surface area contributed by atoms with Crippen LogP contribution in [0.3, 0.4) is 0 Å². The Morgan fingerprint density at radius 1 is 1.50 bits per heavy atom. The van der Waals surface area contributed by atoms with Crippen LogP contribution < -0.4 is 10.0 Å². The highest BCUT2D eigenvalue weighted by Crippen LogP contribution is 2.23. The molecular formula is C7H8N4O2S. The first kappa shape index (κ1) is 8.95. The van der Waals surface area contributed by atoms with E-state index >= 15 is 0 Å². The molecule has 0 aliphatic carbocycles. The van der Waals surface area contributed by atoms with E-state index in [0.29, 0.717) is 11.4 Å². The molecule has 1 aliphatic rings. The summed E-state index contributed by atoms with van der Waals surface area (Å²) in [7, 11) is -2.30. The van der Waals surface area contributed by atoms with Crippen LogP contribution in [0.2, 0.25) is 0 Å². The van der Waals surface area contributed by atoms with Crippen LogP contribution in [0.5, 0.6) is 0 Å². The summed E-state index contributed by atoms with van der Waals surface area (Å²) in [5.41, 5.74) is 6.02. The molecule has 74 valence electrons. The molecule has 0 aromatic carbocycles. The largest absolute Gasteiger partial charge is 0.382 e. The first-order chi connectivity index (χ1) is 6.52. The Hall–Kier alpha value is -1.63. The predicted molar refractivity (Wildman–Crippen MR) is 52.3 cm³/mol. The lowest BCUT2D eigenvalue weighted by molar-refractivity contribution is 0.595. The summed E-state index contributed by atoms with van der Waals surface area (Å²) < 4.78 is 27.1. The van der Waals surface area contributed by atoms with E-state index in [2.05, 4.69) is 9.38 Å². The zero-order valence-corrected chi connectivity index (χ0v) is 8.19. The molecular weight excluding hydrogens is 204 g/mol. The van der Waals surface area contributed by atoms with Crippen molar-refractivity contribution in [2.75, 3.05) is 11.4 Å². The number of hydrogen-bond donors (Lipinski definition) is 1. The lowest BCUT2D eigenvalue weighted by atomic mass is 10.2. The molecule has 2 heterocycles. The summed E-state index contributed by atoms with van der Waals surface area (Å²) in [5.74, 6) is 0.284. The van der Waals surface area contributed by atoms with Crippen LogP contribution in [0.15, 0.2) is 22.7 Å². The Kier molecular flexibility index (Phi) is 1.71. The van der Waals surface area contributed by atoms with Crippen LogP contribution in [0.1, 0.15) is 5.56 Å². The SMILES string of the molecule is CN1c2ncccc2C(N)=NS1(=O)=O. The molecule has 0 radical (unpaired) electrons. The van der Waals surface area contributed by atoms with Gasteiger partial charge in [-0.1, -0.05) is 0 Å². The summed E-state index contributed by atoms with van der Waals surface area (Å²) in [6.45, 7) is 0. The van der Waals surface area contributed by atoms with Crippen molar-refractivity contribution in [2.45, 2.75) is 0 Å². The van der Waals surface area contributed by atoms with Gasteiger partial charge in [-0.2, -0.15) is 8.42 Å². The van der Waals surface area contributed by atoms with Crippen LogP contribution in [-0.4, -0.2) is 26.3 Å². The van der Waals surface area contributed by atoms with Crippen molar-refractivity contribution in [1.29, 1.82) is 0 Å². The van der Waals surface area contributed by atoms with Gasteiger partial charge in [-0.25, -0.2) is 9.29 Å². The highest BCUT2D eigenvalue weighted by atomic mass is 32.2. The van der Waals surface area contributed by atoms with Crippen molar-refractivity contribution in [3.8, 4) is 0 Å². The van der Waals surface area contributed by atoms with Crippen molar-refractivity contribution in [3.63, 3.8) is 0 Å². The van der Waals surface area contributed by atoms with Crippen LogP contribution in [0.25, 0.3) is 0 Å². The minimum atomic E-state index is -3.69. The molecule has 6 nitrogen and oxygen atoms in total. The third kappa shape index (κ3) is 1.13. The van der Waals surface area contributed by atoms with Crippen molar-refractivity contribution in [1.82, 2.24) is 4.98 Å². The van der Waals surface area contributed by atoms with E-state index in [9.17, 15) is 8.42 Å². The molecule has 0 bridgehead atoms. The quantitative estimate of drug-likeness (QED) is 0.626. The Balaban J connectivity index is 2.75. The van der Waals surface area contributed by atoms with Crippen LogP contribution in [0, 0.1) is 0 Å². The molecule has 2 rings (SSSR count). The van der Waals surface area contributed by atoms with E-state index in [-0.39, 0.29) is 5.84 Å². The first-order valence-electron chi connectivity index (χ1n) is 3.82. The maximum atomic E-state index is 11.4. The van der Waals surface area contributed by atoms with Crippen LogP contribution in [0.4, 0.5) is 5.82 Å². The summed E-state index contributed by atoms with van der Waals surface area (Å²) in [5, 5.41) is 0. The molecule has 0 unspecified atom stereocenters. The predicted octanol–water partition coefficient (Wildman–Crippen LogP) is -0.518. The summed E-state index contributed by atoms with van der Waals surface area (Å²) >= 11 is 0. The molecule has 0 fully saturated rings. The van der Waals surface area contributed by atoms with Crippen molar-refractivity contribution in [3.05, 3.63) is 23.9 Å². The second kappa shape index (κ2) is 2.68.